The molecule has 0 atom stereocenters. The number of hydrogen-bond donors (Lipinski definition) is 0. The van der Waals surface area contributed by atoms with Gasteiger partial charge in [0.05, 0.1) is 12.3 Å². The van der Waals surface area contributed by atoms with Crippen molar-refractivity contribution in [3.8, 4) is 0 Å². The first-order valence-corrected chi connectivity index (χ1v) is 5.55. The number of hydrogen-bond acceptors (Lipinski definition) is 3. The summed E-state index contributed by atoms with van der Waals surface area (Å²) in [4.78, 5) is 13.1. The normalized spacial score (nSPS) is 9.80. The Bertz CT molecular complexity index is 341. The number of esters is 1. The third-order valence-corrected chi connectivity index (χ3v) is 2.61. The van der Waals surface area contributed by atoms with Crippen molar-refractivity contribution in [2.24, 2.45) is 0 Å². The summed E-state index contributed by atoms with van der Waals surface area (Å²) in [6.07, 6.45) is 0. The molecule has 0 radical (unpaired) electrons. The Balaban J connectivity index is 2.65. The minimum atomic E-state index is -0.212. The zero-order valence-electron chi connectivity index (χ0n) is 8.87. The number of likely N-dealkylation sites (N-methyl/N-ethyl adjacent to an activating group) is 1. The number of carbonyl (C=O) groups excluding carboxylic acids is 1. The number of nitrogens with zero attached hydrogens (tertiary/aromatic N) is 1. The molecule has 0 saturated carbocycles. The first-order valence-electron chi connectivity index (χ1n) is 4.76. The van der Waals surface area contributed by atoms with Gasteiger partial charge in [0, 0.05) is 11.5 Å². The summed E-state index contributed by atoms with van der Waals surface area (Å²) in [6, 6.07) is 7.76. The van der Waals surface area contributed by atoms with Crippen LogP contribution in [0.5, 0.6) is 0 Å². The highest BCUT2D eigenvalue weighted by Gasteiger charge is 2.09. The highest BCUT2D eigenvalue weighted by molar-refractivity contribution is 9.10. The van der Waals surface area contributed by atoms with Gasteiger partial charge in [0.15, 0.2) is 0 Å². The lowest BCUT2D eigenvalue weighted by Crippen LogP contribution is -2.27. The van der Waals surface area contributed by atoms with E-state index in [1.165, 1.54) is 0 Å². The summed E-state index contributed by atoms with van der Waals surface area (Å²) in [6.45, 7) is 2.48. The molecule has 0 aromatic heterocycles. The summed E-state index contributed by atoms with van der Waals surface area (Å²) in [7, 11) is 1.86. The summed E-state index contributed by atoms with van der Waals surface area (Å²) >= 11 is 3.43. The van der Waals surface area contributed by atoms with Gasteiger partial charge in [-0.05, 0) is 35.0 Å². The Hall–Kier alpha value is -1.03. The monoisotopic (exact) mass is 271 g/mol. The standard InChI is InChI=1S/C11H14BrNO2/c1-3-15-11(14)8-13(2)10-7-5-4-6-9(10)12/h4-7H,3,8H2,1-2H3. The fourth-order valence-electron chi connectivity index (χ4n) is 1.25. The third-order valence-electron chi connectivity index (χ3n) is 1.94. The van der Waals surface area contributed by atoms with Crippen molar-refractivity contribution in [1.29, 1.82) is 0 Å². The van der Waals surface area contributed by atoms with Crippen LogP contribution in [0.15, 0.2) is 28.7 Å². The van der Waals surface area contributed by atoms with Crippen molar-refractivity contribution < 1.29 is 9.53 Å². The largest absolute Gasteiger partial charge is 0.465 e. The van der Waals surface area contributed by atoms with Gasteiger partial charge in [-0.3, -0.25) is 4.79 Å². The van der Waals surface area contributed by atoms with Gasteiger partial charge in [-0.1, -0.05) is 12.1 Å². The van der Waals surface area contributed by atoms with Crippen LogP contribution in [0.3, 0.4) is 0 Å². The van der Waals surface area contributed by atoms with Gasteiger partial charge in [-0.15, -0.1) is 0 Å². The fraction of sp³-hybridized carbons (Fsp3) is 0.364. The number of para-hydroxylation sites is 1. The molecule has 0 heterocycles. The Kier molecular flexibility index (Phi) is 4.62. The highest BCUT2D eigenvalue weighted by atomic mass is 79.9. The number of carbonyl (C=O) groups is 1. The number of anilines is 1. The molecule has 0 aliphatic carbocycles. The summed E-state index contributed by atoms with van der Waals surface area (Å²) < 4.78 is 5.85. The number of benzene rings is 1. The fourth-order valence-corrected chi connectivity index (χ4v) is 1.83. The maximum Gasteiger partial charge on any atom is 0.325 e. The van der Waals surface area contributed by atoms with Gasteiger partial charge in [0.1, 0.15) is 6.54 Å². The van der Waals surface area contributed by atoms with Crippen LogP contribution in [0.2, 0.25) is 0 Å². The van der Waals surface area contributed by atoms with Crippen LogP contribution >= 0.6 is 15.9 Å². The van der Waals surface area contributed by atoms with Gasteiger partial charge in [-0.2, -0.15) is 0 Å². The second-order valence-corrected chi connectivity index (χ2v) is 3.97. The molecule has 1 aromatic carbocycles. The minimum Gasteiger partial charge on any atom is -0.465 e. The van der Waals surface area contributed by atoms with E-state index in [0.717, 1.165) is 10.2 Å². The predicted molar refractivity (Wildman–Crippen MR) is 64.0 cm³/mol. The van der Waals surface area contributed by atoms with Gasteiger partial charge < -0.3 is 9.64 Å². The topological polar surface area (TPSA) is 29.5 Å². The van der Waals surface area contributed by atoms with Gasteiger partial charge in [0.2, 0.25) is 0 Å². The molecule has 15 heavy (non-hydrogen) atoms. The molecule has 0 N–H and O–H groups in total. The van der Waals surface area contributed by atoms with Gasteiger partial charge in [0.25, 0.3) is 0 Å². The smallest absolute Gasteiger partial charge is 0.325 e. The number of halogens is 1. The van der Waals surface area contributed by atoms with Crippen molar-refractivity contribution in [2.75, 3.05) is 25.1 Å². The molecule has 1 rings (SSSR count). The van der Waals surface area contributed by atoms with E-state index in [0.29, 0.717) is 6.61 Å². The molecular weight excluding hydrogens is 258 g/mol. The first kappa shape index (κ1) is 12.0. The molecule has 0 amide bonds. The van der Waals surface area contributed by atoms with Crippen LogP contribution in [-0.4, -0.2) is 26.2 Å². The van der Waals surface area contributed by atoms with E-state index in [2.05, 4.69) is 15.9 Å². The van der Waals surface area contributed by atoms with Crippen molar-refractivity contribution in [2.45, 2.75) is 6.92 Å². The predicted octanol–water partition coefficient (Wildman–Crippen LogP) is 2.45. The Morgan fingerprint density at radius 2 is 2.13 bits per heavy atom. The van der Waals surface area contributed by atoms with E-state index in [-0.39, 0.29) is 12.5 Å². The van der Waals surface area contributed by atoms with E-state index in [4.69, 9.17) is 4.74 Å². The third kappa shape index (κ3) is 3.55. The van der Waals surface area contributed by atoms with Crippen LogP contribution in [-0.2, 0) is 9.53 Å². The molecular formula is C11H14BrNO2. The quantitative estimate of drug-likeness (QED) is 0.788. The van der Waals surface area contributed by atoms with Crippen LogP contribution in [0.25, 0.3) is 0 Å². The lowest BCUT2D eigenvalue weighted by atomic mass is 10.3. The van der Waals surface area contributed by atoms with Crippen molar-refractivity contribution in [3.63, 3.8) is 0 Å². The van der Waals surface area contributed by atoms with E-state index < -0.39 is 0 Å². The molecule has 0 saturated heterocycles. The average Bonchev–Trinajstić information content (AvgIpc) is 2.18. The maximum absolute atomic E-state index is 11.3. The van der Waals surface area contributed by atoms with E-state index in [9.17, 15) is 4.79 Å². The van der Waals surface area contributed by atoms with Gasteiger partial charge in [-0.25, -0.2) is 0 Å². The van der Waals surface area contributed by atoms with Crippen molar-refractivity contribution >= 4 is 27.6 Å². The molecule has 0 fully saturated rings. The van der Waals surface area contributed by atoms with E-state index in [1.807, 2.05) is 36.2 Å². The highest BCUT2D eigenvalue weighted by Crippen LogP contribution is 2.24. The molecule has 1 aromatic rings. The Morgan fingerprint density at radius 1 is 1.47 bits per heavy atom. The molecule has 0 spiro atoms. The zero-order chi connectivity index (χ0) is 11.3. The maximum atomic E-state index is 11.3. The Morgan fingerprint density at radius 3 is 2.73 bits per heavy atom. The second kappa shape index (κ2) is 5.75. The molecule has 0 aliphatic rings. The van der Waals surface area contributed by atoms with Crippen molar-refractivity contribution in [1.82, 2.24) is 0 Å². The molecule has 0 aliphatic heterocycles. The second-order valence-electron chi connectivity index (χ2n) is 3.11. The van der Waals surface area contributed by atoms with Crippen LogP contribution in [0.1, 0.15) is 6.92 Å². The molecule has 82 valence electrons. The van der Waals surface area contributed by atoms with E-state index >= 15 is 0 Å². The van der Waals surface area contributed by atoms with E-state index in [1.54, 1.807) is 6.92 Å². The van der Waals surface area contributed by atoms with Crippen LogP contribution in [0.4, 0.5) is 5.69 Å². The summed E-state index contributed by atoms with van der Waals surface area (Å²) in [5.74, 6) is -0.212. The summed E-state index contributed by atoms with van der Waals surface area (Å²) in [5.41, 5.74) is 0.977. The average molecular weight is 272 g/mol. The lowest BCUT2D eigenvalue weighted by Gasteiger charge is -2.19. The van der Waals surface area contributed by atoms with Crippen molar-refractivity contribution in [3.05, 3.63) is 28.7 Å². The number of ether oxygens (including phenoxy) is 1. The minimum absolute atomic E-state index is 0.212. The summed E-state index contributed by atoms with van der Waals surface area (Å²) in [5, 5.41) is 0. The number of rotatable bonds is 4. The zero-order valence-corrected chi connectivity index (χ0v) is 10.5. The van der Waals surface area contributed by atoms with Gasteiger partial charge >= 0.3 is 5.97 Å². The Labute approximate surface area is 98.2 Å². The molecule has 4 heteroatoms. The van der Waals surface area contributed by atoms with Crippen LogP contribution < -0.4 is 4.90 Å². The molecule has 3 nitrogen and oxygen atoms in total. The SMILES string of the molecule is CCOC(=O)CN(C)c1ccccc1Br. The molecule has 0 bridgehead atoms. The first-order chi connectivity index (χ1) is 7.15. The molecule has 0 unspecified atom stereocenters. The van der Waals surface area contributed by atoms with Crippen LogP contribution in [0, 0.1) is 0 Å². The lowest BCUT2D eigenvalue weighted by molar-refractivity contribution is -0.141.